The van der Waals surface area contributed by atoms with Crippen molar-refractivity contribution < 1.29 is 14.3 Å². The standard InChI is InChI=1S/C23H27N3O4/c1-12(2)20-23(28)26(13(3)4)18-10-14(29-6)9-16(21(18)30-20)17-11-25(5)22(27)19-15(17)7-8-24-19/h7-13,20,24H,1-6H3. The summed E-state index contributed by atoms with van der Waals surface area (Å²) in [6.07, 6.45) is 2.97. The average molecular weight is 409 g/mol. The summed E-state index contributed by atoms with van der Waals surface area (Å²) in [6.45, 7) is 7.93. The Morgan fingerprint density at radius 1 is 1.13 bits per heavy atom. The number of benzene rings is 1. The molecule has 1 amide bonds. The fraction of sp³-hybridized carbons (Fsp3) is 0.391. The van der Waals surface area contributed by atoms with E-state index < -0.39 is 6.10 Å². The molecule has 0 saturated carbocycles. The summed E-state index contributed by atoms with van der Waals surface area (Å²) >= 11 is 0. The Labute approximate surface area is 175 Å². The van der Waals surface area contributed by atoms with E-state index in [1.165, 1.54) is 0 Å². The molecule has 0 fully saturated rings. The molecule has 0 aliphatic carbocycles. The van der Waals surface area contributed by atoms with E-state index in [1.54, 1.807) is 36.0 Å². The first-order valence-corrected chi connectivity index (χ1v) is 10.1. The molecule has 1 aromatic carbocycles. The number of hydrogen-bond donors (Lipinski definition) is 1. The summed E-state index contributed by atoms with van der Waals surface area (Å²) in [5, 5.41) is 0.797. The van der Waals surface area contributed by atoms with Gasteiger partial charge in [-0.2, -0.15) is 0 Å². The lowest BCUT2D eigenvalue weighted by molar-refractivity contribution is -0.128. The van der Waals surface area contributed by atoms with E-state index in [2.05, 4.69) is 4.98 Å². The molecule has 1 atom stereocenters. The SMILES string of the molecule is COc1cc(-c2cn(C)c(=O)c3[nH]ccc23)c2c(c1)N(C(C)C)C(=O)C(C(C)C)O2. The van der Waals surface area contributed by atoms with Crippen LogP contribution in [0, 0.1) is 5.92 Å². The van der Waals surface area contributed by atoms with Gasteiger partial charge < -0.3 is 23.9 Å². The van der Waals surface area contributed by atoms with E-state index in [1.807, 2.05) is 45.9 Å². The first-order valence-electron chi connectivity index (χ1n) is 10.1. The number of ether oxygens (including phenoxy) is 2. The maximum atomic E-state index is 13.2. The number of rotatable bonds is 4. The fourth-order valence-electron chi connectivity index (χ4n) is 4.08. The van der Waals surface area contributed by atoms with Gasteiger partial charge in [0.2, 0.25) is 0 Å². The molecule has 0 bridgehead atoms. The number of carbonyl (C=O) groups excluding carboxylic acids is 1. The van der Waals surface area contributed by atoms with Crippen LogP contribution in [0.4, 0.5) is 5.69 Å². The average Bonchev–Trinajstić information content (AvgIpc) is 3.19. The van der Waals surface area contributed by atoms with Crippen LogP contribution in [0.3, 0.4) is 0 Å². The maximum absolute atomic E-state index is 13.2. The number of methoxy groups -OCH3 is 1. The van der Waals surface area contributed by atoms with Crippen molar-refractivity contribution in [1.82, 2.24) is 9.55 Å². The maximum Gasteiger partial charge on any atom is 0.274 e. The molecule has 3 aromatic rings. The summed E-state index contributed by atoms with van der Waals surface area (Å²) in [4.78, 5) is 30.6. The van der Waals surface area contributed by atoms with E-state index >= 15 is 0 Å². The molecule has 3 heterocycles. The zero-order valence-corrected chi connectivity index (χ0v) is 18.1. The lowest BCUT2D eigenvalue weighted by Crippen LogP contribution is -2.51. The number of H-pyrrole nitrogens is 1. The summed E-state index contributed by atoms with van der Waals surface area (Å²) in [5.74, 6) is 1.20. The summed E-state index contributed by atoms with van der Waals surface area (Å²) in [6, 6.07) is 5.57. The Balaban J connectivity index is 2.07. The van der Waals surface area contributed by atoms with Crippen LogP contribution in [0.15, 0.2) is 35.4 Å². The number of amides is 1. The van der Waals surface area contributed by atoms with Crippen molar-refractivity contribution >= 4 is 22.5 Å². The Hall–Kier alpha value is -3.22. The quantitative estimate of drug-likeness (QED) is 0.713. The molecule has 2 aromatic heterocycles. The lowest BCUT2D eigenvalue weighted by atomic mass is 9.97. The molecule has 4 rings (SSSR count). The van der Waals surface area contributed by atoms with Crippen LogP contribution in [0.1, 0.15) is 27.7 Å². The normalized spacial score (nSPS) is 16.3. The van der Waals surface area contributed by atoms with Gasteiger partial charge in [0.1, 0.15) is 11.3 Å². The Morgan fingerprint density at radius 3 is 2.50 bits per heavy atom. The van der Waals surface area contributed by atoms with Crippen LogP contribution in [0.5, 0.6) is 11.5 Å². The van der Waals surface area contributed by atoms with E-state index in [0.29, 0.717) is 22.7 Å². The highest BCUT2D eigenvalue weighted by Crippen LogP contribution is 2.47. The molecule has 158 valence electrons. The van der Waals surface area contributed by atoms with Crippen LogP contribution in [-0.4, -0.2) is 34.7 Å². The lowest BCUT2D eigenvalue weighted by Gasteiger charge is -2.39. The fourth-order valence-corrected chi connectivity index (χ4v) is 4.08. The predicted octanol–water partition coefficient (Wildman–Crippen LogP) is 3.70. The third kappa shape index (κ3) is 2.96. The van der Waals surface area contributed by atoms with E-state index in [4.69, 9.17) is 9.47 Å². The van der Waals surface area contributed by atoms with Crippen LogP contribution >= 0.6 is 0 Å². The first kappa shape index (κ1) is 20.1. The van der Waals surface area contributed by atoms with Gasteiger partial charge in [-0.25, -0.2) is 0 Å². The van der Waals surface area contributed by atoms with Crippen molar-refractivity contribution in [3.05, 3.63) is 40.9 Å². The summed E-state index contributed by atoms with van der Waals surface area (Å²) in [5.41, 5.74) is 2.73. The molecule has 7 heteroatoms. The molecule has 1 aliphatic heterocycles. The minimum atomic E-state index is -0.582. The molecule has 30 heavy (non-hydrogen) atoms. The van der Waals surface area contributed by atoms with Crippen molar-refractivity contribution in [2.75, 3.05) is 12.0 Å². The molecular formula is C23H27N3O4. The molecular weight excluding hydrogens is 382 g/mol. The van der Waals surface area contributed by atoms with Gasteiger partial charge >= 0.3 is 0 Å². The molecule has 0 radical (unpaired) electrons. The highest BCUT2D eigenvalue weighted by molar-refractivity contribution is 6.05. The molecule has 1 N–H and O–H groups in total. The molecule has 0 spiro atoms. The largest absolute Gasteiger partial charge is 0.497 e. The zero-order chi connectivity index (χ0) is 21.7. The predicted molar refractivity (Wildman–Crippen MR) is 117 cm³/mol. The zero-order valence-electron chi connectivity index (χ0n) is 18.1. The number of hydrogen-bond acceptors (Lipinski definition) is 4. The first-order chi connectivity index (χ1) is 14.2. The second kappa shape index (κ2) is 7.23. The van der Waals surface area contributed by atoms with E-state index in [-0.39, 0.29) is 23.4 Å². The van der Waals surface area contributed by atoms with Gasteiger partial charge in [0.25, 0.3) is 11.5 Å². The van der Waals surface area contributed by atoms with Crippen molar-refractivity contribution in [2.24, 2.45) is 13.0 Å². The number of aromatic amines is 1. The molecule has 1 unspecified atom stereocenters. The number of aryl methyl sites for hydroxylation is 1. The third-order valence-corrected chi connectivity index (χ3v) is 5.57. The highest BCUT2D eigenvalue weighted by Gasteiger charge is 2.39. The van der Waals surface area contributed by atoms with Gasteiger partial charge in [0, 0.05) is 48.1 Å². The Kier molecular flexibility index (Phi) is 4.84. The van der Waals surface area contributed by atoms with Crippen LogP contribution in [0.2, 0.25) is 0 Å². The molecule has 1 aliphatic rings. The monoisotopic (exact) mass is 409 g/mol. The summed E-state index contributed by atoms with van der Waals surface area (Å²) < 4.78 is 13.4. The minimum Gasteiger partial charge on any atom is -0.497 e. The number of nitrogens with one attached hydrogen (secondary N) is 1. The van der Waals surface area contributed by atoms with Crippen LogP contribution < -0.4 is 19.9 Å². The molecule has 7 nitrogen and oxygen atoms in total. The number of anilines is 1. The van der Waals surface area contributed by atoms with Gasteiger partial charge in [-0.3, -0.25) is 9.59 Å². The van der Waals surface area contributed by atoms with Gasteiger partial charge in [-0.1, -0.05) is 13.8 Å². The van der Waals surface area contributed by atoms with E-state index in [0.717, 1.165) is 16.5 Å². The van der Waals surface area contributed by atoms with Crippen molar-refractivity contribution in [3.8, 4) is 22.6 Å². The van der Waals surface area contributed by atoms with Crippen molar-refractivity contribution in [2.45, 2.75) is 39.8 Å². The molecule has 0 saturated heterocycles. The Bertz CT molecular complexity index is 1190. The minimum absolute atomic E-state index is 0.00857. The highest BCUT2D eigenvalue weighted by atomic mass is 16.5. The van der Waals surface area contributed by atoms with Gasteiger partial charge in [-0.15, -0.1) is 0 Å². The Morgan fingerprint density at radius 2 is 1.87 bits per heavy atom. The van der Waals surface area contributed by atoms with Gasteiger partial charge in [0.05, 0.1) is 12.8 Å². The third-order valence-electron chi connectivity index (χ3n) is 5.57. The number of nitrogens with zero attached hydrogens (tertiary/aromatic N) is 2. The number of pyridine rings is 1. The number of fused-ring (bicyclic) bond motifs is 2. The van der Waals surface area contributed by atoms with Crippen LogP contribution in [-0.2, 0) is 11.8 Å². The van der Waals surface area contributed by atoms with E-state index in [9.17, 15) is 9.59 Å². The summed E-state index contributed by atoms with van der Waals surface area (Å²) in [7, 11) is 3.32. The van der Waals surface area contributed by atoms with Crippen molar-refractivity contribution in [1.29, 1.82) is 0 Å². The van der Waals surface area contributed by atoms with Gasteiger partial charge in [0.15, 0.2) is 11.9 Å². The smallest absolute Gasteiger partial charge is 0.274 e. The van der Waals surface area contributed by atoms with Crippen molar-refractivity contribution in [3.63, 3.8) is 0 Å². The topological polar surface area (TPSA) is 76.6 Å². The van der Waals surface area contributed by atoms with Gasteiger partial charge in [-0.05, 0) is 31.9 Å². The number of aromatic nitrogens is 2. The second-order valence-electron chi connectivity index (χ2n) is 8.33. The van der Waals surface area contributed by atoms with Crippen LogP contribution in [0.25, 0.3) is 22.0 Å². The number of carbonyl (C=O) groups is 1. The second-order valence-corrected chi connectivity index (χ2v) is 8.33.